The van der Waals surface area contributed by atoms with E-state index in [1.165, 1.54) is 0 Å². The molecule has 0 aromatic heterocycles. The number of benzene rings is 1. The summed E-state index contributed by atoms with van der Waals surface area (Å²) in [6.07, 6.45) is 0.401. The van der Waals surface area contributed by atoms with E-state index in [2.05, 4.69) is 5.32 Å². The summed E-state index contributed by atoms with van der Waals surface area (Å²) in [6, 6.07) is 6.79. The van der Waals surface area contributed by atoms with E-state index in [9.17, 15) is 4.79 Å². The Balaban J connectivity index is 2.52. The number of aliphatic hydroxyl groups is 1. The maximum Gasteiger partial charge on any atom is 0.412 e. The molecule has 4 heteroatoms. The fraction of sp³-hybridized carbons (Fsp3) is 0.364. The zero-order chi connectivity index (χ0) is 11.1. The van der Waals surface area contributed by atoms with Crippen LogP contribution in [0.5, 0.6) is 5.75 Å². The van der Waals surface area contributed by atoms with Crippen LogP contribution >= 0.6 is 0 Å². The molecule has 0 fully saturated rings. The number of amides is 1. The molecule has 0 bridgehead atoms. The van der Waals surface area contributed by atoms with Gasteiger partial charge in [-0.25, -0.2) is 4.79 Å². The quantitative estimate of drug-likeness (QED) is 0.793. The Labute approximate surface area is 88.9 Å². The predicted molar refractivity (Wildman–Crippen MR) is 56.7 cm³/mol. The molecule has 15 heavy (non-hydrogen) atoms. The third-order valence-corrected chi connectivity index (χ3v) is 1.81. The van der Waals surface area contributed by atoms with Crippen molar-refractivity contribution in [2.45, 2.75) is 20.0 Å². The first-order valence-electron chi connectivity index (χ1n) is 4.91. The monoisotopic (exact) mass is 209 g/mol. The van der Waals surface area contributed by atoms with Crippen molar-refractivity contribution in [3.63, 3.8) is 0 Å². The summed E-state index contributed by atoms with van der Waals surface area (Å²) in [5.41, 5.74) is 0.718. The molecule has 0 aliphatic carbocycles. The Bertz CT molecular complexity index is 325. The molecule has 82 valence electrons. The number of carbonyl (C=O) groups is 1. The Kier molecular flexibility index (Phi) is 4.63. The largest absolute Gasteiger partial charge is 0.412 e. The lowest BCUT2D eigenvalue weighted by molar-refractivity contribution is 0.200. The van der Waals surface area contributed by atoms with Gasteiger partial charge in [0.15, 0.2) is 0 Å². The van der Waals surface area contributed by atoms with E-state index in [0.29, 0.717) is 12.3 Å². The van der Waals surface area contributed by atoms with Gasteiger partial charge >= 0.3 is 6.09 Å². The summed E-state index contributed by atoms with van der Waals surface area (Å²) < 4.78 is 5.00. The van der Waals surface area contributed by atoms with Crippen molar-refractivity contribution in [2.75, 3.05) is 6.54 Å². The highest BCUT2D eigenvalue weighted by Gasteiger charge is 2.02. The minimum absolute atomic E-state index is 0.0617. The van der Waals surface area contributed by atoms with Crippen molar-refractivity contribution >= 4 is 6.09 Å². The average Bonchev–Trinajstić information content (AvgIpc) is 2.26. The molecule has 0 saturated carbocycles. The average molecular weight is 209 g/mol. The molecule has 0 heterocycles. The topological polar surface area (TPSA) is 58.6 Å². The molecule has 0 aliphatic heterocycles. The molecule has 0 spiro atoms. The molecular weight excluding hydrogens is 194 g/mol. The molecule has 1 aromatic rings. The highest BCUT2D eigenvalue weighted by molar-refractivity contribution is 5.70. The van der Waals surface area contributed by atoms with Crippen LogP contribution in [0.2, 0.25) is 0 Å². The molecule has 0 unspecified atom stereocenters. The standard InChI is InChI=1S/C11H15NO3/c1-2-6-12-11(14)15-10-5-3-4-9(7-10)8-13/h3-5,7,13H,2,6,8H2,1H3,(H,12,14). The third kappa shape index (κ3) is 3.99. The van der Waals surface area contributed by atoms with Crippen LogP contribution < -0.4 is 10.1 Å². The van der Waals surface area contributed by atoms with Gasteiger partial charge in [0, 0.05) is 6.54 Å². The highest BCUT2D eigenvalue weighted by Crippen LogP contribution is 2.13. The summed E-state index contributed by atoms with van der Waals surface area (Å²) in [7, 11) is 0. The minimum atomic E-state index is -0.466. The van der Waals surface area contributed by atoms with Gasteiger partial charge in [0.05, 0.1) is 6.61 Å². The van der Waals surface area contributed by atoms with Crippen LogP contribution in [0.3, 0.4) is 0 Å². The molecule has 0 atom stereocenters. The first-order chi connectivity index (χ1) is 7.26. The van der Waals surface area contributed by atoms with Crippen molar-refractivity contribution in [3.05, 3.63) is 29.8 Å². The van der Waals surface area contributed by atoms with Gasteiger partial charge in [-0.1, -0.05) is 19.1 Å². The lowest BCUT2D eigenvalue weighted by atomic mass is 10.2. The maximum absolute atomic E-state index is 11.2. The zero-order valence-corrected chi connectivity index (χ0v) is 8.69. The first-order valence-corrected chi connectivity index (χ1v) is 4.91. The van der Waals surface area contributed by atoms with Crippen molar-refractivity contribution in [1.29, 1.82) is 0 Å². The predicted octanol–water partition coefficient (Wildman–Crippen LogP) is 1.68. The van der Waals surface area contributed by atoms with E-state index in [4.69, 9.17) is 9.84 Å². The number of aliphatic hydroxyl groups excluding tert-OH is 1. The number of nitrogens with one attached hydrogen (secondary N) is 1. The van der Waals surface area contributed by atoms with Crippen LogP contribution in [0.15, 0.2) is 24.3 Å². The van der Waals surface area contributed by atoms with Crippen LogP contribution in [-0.2, 0) is 6.61 Å². The Morgan fingerprint density at radius 3 is 3.00 bits per heavy atom. The van der Waals surface area contributed by atoms with E-state index in [1.807, 2.05) is 6.92 Å². The van der Waals surface area contributed by atoms with Gasteiger partial charge < -0.3 is 15.2 Å². The molecule has 1 aromatic carbocycles. The zero-order valence-electron chi connectivity index (χ0n) is 8.69. The molecule has 2 N–H and O–H groups in total. The summed E-state index contributed by atoms with van der Waals surface area (Å²) in [5, 5.41) is 11.5. The van der Waals surface area contributed by atoms with Crippen LogP contribution in [0, 0.1) is 0 Å². The number of ether oxygens (including phenoxy) is 1. The number of hydrogen-bond donors (Lipinski definition) is 2. The Morgan fingerprint density at radius 2 is 2.33 bits per heavy atom. The molecular formula is C11H15NO3. The van der Waals surface area contributed by atoms with Gasteiger partial charge in [-0.05, 0) is 24.1 Å². The van der Waals surface area contributed by atoms with Crippen molar-refractivity contribution in [3.8, 4) is 5.75 Å². The van der Waals surface area contributed by atoms with Gasteiger partial charge in [-0.2, -0.15) is 0 Å². The van der Waals surface area contributed by atoms with E-state index in [-0.39, 0.29) is 6.61 Å². The molecule has 1 rings (SSSR count). The van der Waals surface area contributed by atoms with Crippen molar-refractivity contribution in [1.82, 2.24) is 5.32 Å². The van der Waals surface area contributed by atoms with Crippen LogP contribution in [0.25, 0.3) is 0 Å². The summed E-state index contributed by atoms with van der Waals surface area (Å²) >= 11 is 0. The fourth-order valence-electron chi connectivity index (χ4n) is 1.08. The first kappa shape index (κ1) is 11.5. The molecule has 0 aliphatic rings. The van der Waals surface area contributed by atoms with Crippen LogP contribution in [-0.4, -0.2) is 17.7 Å². The van der Waals surface area contributed by atoms with Gasteiger partial charge in [0.25, 0.3) is 0 Å². The summed E-state index contributed by atoms with van der Waals surface area (Å²) in [6.45, 7) is 2.50. The van der Waals surface area contributed by atoms with E-state index in [0.717, 1.165) is 12.0 Å². The number of carbonyl (C=O) groups excluding carboxylic acids is 1. The van der Waals surface area contributed by atoms with E-state index in [1.54, 1.807) is 24.3 Å². The number of hydrogen-bond acceptors (Lipinski definition) is 3. The summed E-state index contributed by atoms with van der Waals surface area (Å²) in [5.74, 6) is 0.440. The lowest BCUT2D eigenvalue weighted by Gasteiger charge is -2.06. The molecule has 4 nitrogen and oxygen atoms in total. The van der Waals surface area contributed by atoms with Crippen LogP contribution in [0.1, 0.15) is 18.9 Å². The van der Waals surface area contributed by atoms with Crippen molar-refractivity contribution in [2.24, 2.45) is 0 Å². The minimum Gasteiger partial charge on any atom is -0.410 e. The fourth-order valence-corrected chi connectivity index (χ4v) is 1.08. The number of rotatable bonds is 4. The Morgan fingerprint density at radius 1 is 1.53 bits per heavy atom. The van der Waals surface area contributed by atoms with Gasteiger partial charge in [0.1, 0.15) is 5.75 Å². The summed E-state index contributed by atoms with van der Waals surface area (Å²) in [4.78, 5) is 11.2. The molecule has 0 saturated heterocycles. The lowest BCUT2D eigenvalue weighted by Crippen LogP contribution is -2.27. The van der Waals surface area contributed by atoms with Crippen molar-refractivity contribution < 1.29 is 14.6 Å². The van der Waals surface area contributed by atoms with Gasteiger partial charge in [-0.15, -0.1) is 0 Å². The second kappa shape index (κ2) is 6.03. The van der Waals surface area contributed by atoms with Gasteiger partial charge in [-0.3, -0.25) is 0 Å². The second-order valence-electron chi connectivity index (χ2n) is 3.12. The smallest absolute Gasteiger partial charge is 0.410 e. The van der Waals surface area contributed by atoms with E-state index >= 15 is 0 Å². The van der Waals surface area contributed by atoms with Crippen LogP contribution in [0.4, 0.5) is 4.79 Å². The van der Waals surface area contributed by atoms with E-state index < -0.39 is 6.09 Å². The SMILES string of the molecule is CCCNC(=O)Oc1cccc(CO)c1. The maximum atomic E-state index is 11.2. The second-order valence-corrected chi connectivity index (χ2v) is 3.12. The normalized spacial score (nSPS) is 9.73. The molecule has 1 amide bonds. The Hall–Kier alpha value is -1.55. The highest BCUT2D eigenvalue weighted by atomic mass is 16.6. The third-order valence-electron chi connectivity index (χ3n) is 1.81. The molecule has 0 radical (unpaired) electrons. The van der Waals surface area contributed by atoms with Gasteiger partial charge in [0.2, 0.25) is 0 Å².